The molecule has 3 aromatic carbocycles. The van der Waals surface area contributed by atoms with Crippen LogP contribution in [0.2, 0.25) is 0 Å². The zero-order chi connectivity index (χ0) is 26.5. The molecule has 202 valence electrons. The minimum absolute atomic E-state index is 0.148. The largest absolute Gasteiger partial charge is 0.744 e. The van der Waals surface area contributed by atoms with E-state index in [1.807, 2.05) is 18.2 Å². The van der Waals surface area contributed by atoms with Crippen LogP contribution in [0.5, 0.6) is 5.75 Å². The van der Waals surface area contributed by atoms with Gasteiger partial charge in [0.05, 0.1) is 4.90 Å². The minimum Gasteiger partial charge on any atom is -0.744 e. The fraction of sp³-hybridized carbons (Fsp3) is 0.467. The predicted octanol–water partition coefficient (Wildman–Crippen LogP) is 6.71. The summed E-state index contributed by atoms with van der Waals surface area (Å²) in [5.41, 5.74) is 2.68. The molecule has 8 heteroatoms. The second-order valence-corrected chi connectivity index (χ2v) is 13.9. The van der Waals surface area contributed by atoms with Gasteiger partial charge in [-0.15, -0.1) is 0 Å². The Morgan fingerprint density at radius 3 is 2.05 bits per heavy atom. The summed E-state index contributed by atoms with van der Waals surface area (Å²) in [6.07, 6.45) is 10.5. The van der Waals surface area contributed by atoms with Crippen molar-refractivity contribution in [2.75, 3.05) is 0 Å². The molecule has 3 aromatic rings. The molecular weight excluding hydrogens is 520 g/mol. The van der Waals surface area contributed by atoms with Gasteiger partial charge in [0.25, 0.3) is 0 Å². The predicted molar refractivity (Wildman–Crippen MR) is 145 cm³/mol. The van der Waals surface area contributed by atoms with Crippen LogP contribution in [-0.2, 0) is 33.1 Å². The molecule has 0 aromatic heterocycles. The van der Waals surface area contributed by atoms with Gasteiger partial charge < -0.3 is 8.74 Å². The highest BCUT2D eigenvalue weighted by Crippen LogP contribution is 2.47. The number of fused-ring (bicyclic) bond motifs is 2. The van der Waals surface area contributed by atoms with E-state index in [0.29, 0.717) is 28.9 Å². The maximum absolute atomic E-state index is 14.4. The molecule has 0 aliphatic heterocycles. The van der Waals surface area contributed by atoms with Crippen LogP contribution >= 0.6 is 0 Å². The van der Waals surface area contributed by atoms with Crippen LogP contribution in [0.15, 0.2) is 52.3 Å². The van der Waals surface area contributed by atoms with Crippen LogP contribution in [-0.4, -0.2) is 21.4 Å². The van der Waals surface area contributed by atoms with E-state index in [9.17, 15) is 21.4 Å². The fourth-order valence-corrected chi connectivity index (χ4v) is 9.39. The molecular formula is C30H33O6S2-. The summed E-state index contributed by atoms with van der Waals surface area (Å²) < 4.78 is 70.5. The Labute approximate surface area is 225 Å². The molecule has 0 radical (unpaired) electrons. The molecule has 0 amide bonds. The summed E-state index contributed by atoms with van der Waals surface area (Å²) in [6, 6.07) is 12.7. The summed E-state index contributed by atoms with van der Waals surface area (Å²) in [6.45, 7) is 0. The standard InChI is InChI=1S/C30H34O6S2/c31-37(32,33)28-18-17-27(24-15-7-8-16-25(24)28)36-38(34,35)30-26(20-9-1-2-10-20)19-22-13-5-6-14-23(22)29(30)21-11-3-4-12-21/h5-6,13-14,17-21H,1-4,7-12,15-16H2,(H,31,32,33)/p-1. The Morgan fingerprint density at radius 1 is 0.737 bits per heavy atom. The van der Waals surface area contributed by atoms with Crippen molar-refractivity contribution in [3.05, 3.63) is 64.7 Å². The van der Waals surface area contributed by atoms with Crippen molar-refractivity contribution >= 4 is 31.0 Å². The molecule has 2 saturated carbocycles. The summed E-state index contributed by atoms with van der Waals surface area (Å²) in [5.74, 6) is 0.460. The van der Waals surface area contributed by atoms with E-state index in [1.165, 1.54) is 12.1 Å². The van der Waals surface area contributed by atoms with Crippen LogP contribution in [0, 0.1) is 0 Å². The molecule has 3 aliphatic carbocycles. The second-order valence-electron chi connectivity index (χ2n) is 11.1. The van der Waals surface area contributed by atoms with Crippen molar-refractivity contribution < 1.29 is 25.6 Å². The quantitative estimate of drug-likeness (QED) is 0.249. The molecule has 6 nitrogen and oxygen atoms in total. The summed E-state index contributed by atoms with van der Waals surface area (Å²) in [7, 11) is -8.92. The zero-order valence-electron chi connectivity index (χ0n) is 21.4. The number of hydrogen-bond donors (Lipinski definition) is 0. The van der Waals surface area contributed by atoms with Crippen LogP contribution in [0.25, 0.3) is 10.8 Å². The Balaban J connectivity index is 1.55. The number of benzene rings is 3. The smallest absolute Gasteiger partial charge is 0.339 e. The van der Waals surface area contributed by atoms with E-state index >= 15 is 0 Å². The average molecular weight is 554 g/mol. The maximum Gasteiger partial charge on any atom is 0.339 e. The van der Waals surface area contributed by atoms with Crippen molar-refractivity contribution in [2.45, 2.75) is 98.7 Å². The highest BCUT2D eigenvalue weighted by atomic mass is 32.2. The molecule has 0 spiro atoms. The maximum atomic E-state index is 14.4. The molecule has 0 bridgehead atoms. The van der Waals surface area contributed by atoms with Gasteiger partial charge in [-0.1, -0.05) is 49.9 Å². The highest BCUT2D eigenvalue weighted by Gasteiger charge is 2.36. The topological polar surface area (TPSA) is 101 Å². The molecule has 0 saturated heterocycles. The highest BCUT2D eigenvalue weighted by molar-refractivity contribution is 7.87. The Bertz CT molecular complexity index is 1600. The van der Waals surface area contributed by atoms with Gasteiger partial charge >= 0.3 is 10.1 Å². The first-order chi connectivity index (χ1) is 18.2. The summed E-state index contributed by atoms with van der Waals surface area (Å²) in [5, 5.41) is 2.04. The zero-order valence-corrected chi connectivity index (χ0v) is 23.1. The van der Waals surface area contributed by atoms with Gasteiger partial charge in [0.1, 0.15) is 20.8 Å². The normalized spacial score (nSPS) is 19.2. The first-order valence-corrected chi connectivity index (χ1v) is 16.7. The first kappa shape index (κ1) is 25.8. The second kappa shape index (κ2) is 9.96. The van der Waals surface area contributed by atoms with Crippen molar-refractivity contribution in [1.82, 2.24) is 0 Å². The molecule has 0 atom stereocenters. The first-order valence-electron chi connectivity index (χ1n) is 13.8. The molecule has 0 heterocycles. The van der Waals surface area contributed by atoms with E-state index in [-0.39, 0.29) is 22.5 Å². The van der Waals surface area contributed by atoms with Crippen LogP contribution in [0.3, 0.4) is 0 Å². The van der Waals surface area contributed by atoms with E-state index in [4.69, 9.17) is 4.18 Å². The lowest BCUT2D eigenvalue weighted by atomic mass is 9.86. The van der Waals surface area contributed by atoms with Crippen molar-refractivity contribution in [3.63, 3.8) is 0 Å². The third-order valence-corrected chi connectivity index (χ3v) is 11.1. The van der Waals surface area contributed by atoms with Gasteiger partial charge in [-0.25, -0.2) is 8.42 Å². The van der Waals surface area contributed by atoms with Gasteiger partial charge in [-0.3, -0.25) is 0 Å². The van der Waals surface area contributed by atoms with E-state index in [0.717, 1.165) is 86.1 Å². The van der Waals surface area contributed by atoms with Crippen LogP contribution in [0.4, 0.5) is 0 Å². The van der Waals surface area contributed by atoms with Gasteiger partial charge in [0, 0.05) is 5.56 Å². The lowest BCUT2D eigenvalue weighted by molar-refractivity contribution is 0.459. The van der Waals surface area contributed by atoms with Crippen molar-refractivity contribution in [1.29, 1.82) is 0 Å². The Hall–Kier alpha value is -2.42. The van der Waals surface area contributed by atoms with Gasteiger partial charge in [0.2, 0.25) is 0 Å². The van der Waals surface area contributed by atoms with E-state index < -0.39 is 20.2 Å². The monoisotopic (exact) mass is 553 g/mol. The molecule has 2 fully saturated rings. The minimum atomic E-state index is -4.67. The fourth-order valence-electron chi connectivity index (χ4n) is 7.09. The van der Waals surface area contributed by atoms with Crippen LogP contribution < -0.4 is 4.18 Å². The Kier molecular flexibility index (Phi) is 6.77. The van der Waals surface area contributed by atoms with E-state index in [2.05, 4.69) is 12.1 Å². The SMILES string of the molecule is O=S(=O)([O-])c1ccc(OS(=O)(=O)c2c(C3CCCC3)cc3ccccc3c2C2CCCC2)c2c1CCCC2. The third-order valence-electron chi connectivity index (χ3n) is 8.79. The van der Waals surface area contributed by atoms with Crippen LogP contribution in [0.1, 0.15) is 98.3 Å². The summed E-state index contributed by atoms with van der Waals surface area (Å²) in [4.78, 5) is 0.0565. The van der Waals surface area contributed by atoms with E-state index in [1.54, 1.807) is 0 Å². The van der Waals surface area contributed by atoms with Crippen molar-refractivity contribution in [3.8, 4) is 5.75 Å². The van der Waals surface area contributed by atoms with Gasteiger partial charge in [-0.05, 0) is 109 Å². The molecule has 3 aliphatic rings. The molecule has 0 N–H and O–H groups in total. The lowest BCUT2D eigenvalue weighted by Crippen LogP contribution is -2.20. The van der Waals surface area contributed by atoms with Crippen molar-refractivity contribution in [2.24, 2.45) is 0 Å². The molecule has 38 heavy (non-hydrogen) atoms. The molecule has 0 unspecified atom stereocenters. The number of hydrogen-bond acceptors (Lipinski definition) is 6. The lowest BCUT2D eigenvalue weighted by Gasteiger charge is -2.26. The Morgan fingerprint density at radius 2 is 1.37 bits per heavy atom. The number of rotatable bonds is 6. The summed E-state index contributed by atoms with van der Waals surface area (Å²) >= 11 is 0. The van der Waals surface area contributed by atoms with Gasteiger partial charge in [-0.2, -0.15) is 8.42 Å². The van der Waals surface area contributed by atoms with Gasteiger partial charge in [0.15, 0.2) is 0 Å². The molecule has 6 rings (SSSR count). The third kappa shape index (κ3) is 4.65. The average Bonchev–Trinajstić information content (AvgIpc) is 3.62.